The first kappa shape index (κ1) is 15.2. The molecule has 1 N–H and O–H groups in total. The van der Waals surface area contributed by atoms with Crippen LogP contribution in [0.5, 0.6) is 0 Å². The molecule has 19 heavy (non-hydrogen) atoms. The van der Waals surface area contributed by atoms with Gasteiger partial charge in [0.2, 0.25) is 0 Å². The van der Waals surface area contributed by atoms with E-state index in [4.69, 9.17) is 0 Å². The van der Waals surface area contributed by atoms with Gasteiger partial charge >= 0.3 is 0 Å². The fourth-order valence-electron chi connectivity index (χ4n) is 3.16. The Morgan fingerprint density at radius 2 is 1.79 bits per heavy atom. The molecule has 2 unspecified atom stereocenters. The number of rotatable bonds is 5. The predicted octanol–water partition coefficient (Wildman–Crippen LogP) is 1.04. The molecule has 6 heteroatoms. The Bertz CT molecular complexity index is 379. The summed E-state index contributed by atoms with van der Waals surface area (Å²) >= 11 is 0. The summed E-state index contributed by atoms with van der Waals surface area (Å²) in [4.78, 5) is 0. The van der Waals surface area contributed by atoms with E-state index >= 15 is 0 Å². The van der Waals surface area contributed by atoms with Crippen molar-refractivity contribution in [2.45, 2.75) is 45.6 Å². The van der Waals surface area contributed by atoms with Crippen LogP contribution < -0.4 is 5.32 Å². The molecule has 0 spiro atoms. The molecule has 2 saturated heterocycles. The summed E-state index contributed by atoms with van der Waals surface area (Å²) < 4.78 is 28.5. The SMILES string of the molecule is CCNC(C)C1CCCN(S(=O)(=O)N2CCCC2)C1. The van der Waals surface area contributed by atoms with Crippen LogP contribution in [0, 0.1) is 5.92 Å². The lowest BCUT2D eigenvalue weighted by atomic mass is 9.93. The lowest BCUT2D eigenvalue weighted by Gasteiger charge is -2.37. The van der Waals surface area contributed by atoms with E-state index in [1.54, 1.807) is 8.61 Å². The highest BCUT2D eigenvalue weighted by Crippen LogP contribution is 2.25. The van der Waals surface area contributed by atoms with Crippen LogP contribution in [0.25, 0.3) is 0 Å². The minimum Gasteiger partial charge on any atom is -0.314 e. The molecule has 0 aliphatic carbocycles. The lowest BCUT2D eigenvalue weighted by molar-refractivity contribution is 0.216. The van der Waals surface area contributed by atoms with Crippen molar-refractivity contribution >= 4 is 10.2 Å². The van der Waals surface area contributed by atoms with E-state index in [9.17, 15) is 8.42 Å². The van der Waals surface area contributed by atoms with E-state index in [-0.39, 0.29) is 0 Å². The van der Waals surface area contributed by atoms with Gasteiger partial charge in [0.25, 0.3) is 10.2 Å². The van der Waals surface area contributed by atoms with E-state index in [2.05, 4.69) is 19.2 Å². The van der Waals surface area contributed by atoms with Gasteiger partial charge in [0.15, 0.2) is 0 Å². The molecule has 0 bridgehead atoms. The first-order valence-corrected chi connectivity index (χ1v) is 8.94. The van der Waals surface area contributed by atoms with Crippen LogP contribution in [0.3, 0.4) is 0 Å². The summed E-state index contributed by atoms with van der Waals surface area (Å²) in [6, 6.07) is 0.390. The molecule has 0 radical (unpaired) electrons. The second-order valence-electron chi connectivity index (χ2n) is 5.72. The Kier molecular flexibility index (Phi) is 5.22. The zero-order valence-electron chi connectivity index (χ0n) is 12.1. The van der Waals surface area contributed by atoms with Crippen molar-refractivity contribution in [2.75, 3.05) is 32.7 Å². The monoisotopic (exact) mass is 289 g/mol. The van der Waals surface area contributed by atoms with Gasteiger partial charge in [0.1, 0.15) is 0 Å². The lowest BCUT2D eigenvalue weighted by Crippen LogP contribution is -2.50. The Morgan fingerprint density at radius 3 is 2.42 bits per heavy atom. The topological polar surface area (TPSA) is 52.7 Å². The third kappa shape index (κ3) is 3.48. The number of nitrogens with zero attached hydrogens (tertiary/aromatic N) is 2. The first-order valence-electron chi connectivity index (χ1n) is 7.54. The molecule has 2 atom stereocenters. The molecular formula is C13H27N3O2S. The smallest absolute Gasteiger partial charge is 0.281 e. The molecule has 112 valence electrons. The average Bonchev–Trinajstić information content (AvgIpc) is 2.94. The third-order valence-corrected chi connectivity index (χ3v) is 6.37. The van der Waals surface area contributed by atoms with Gasteiger partial charge in [-0.2, -0.15) is 17.0 Å². The van der Waals surface area contributed by atoms with E-state index in [1.165, 1.54) is 0 Å². The van der Waals surface area contributed by atoms with Crippen LogP contribution in [-0.2, 0) is 10.2 Å². The maximum absolute atomic E-state index is 12.5. The highest BCUT2D eigenvalue weighted by molar-refractivity contribution is 7.86. The van der Waals surface area contributed by atoms with Crippen LogP contribution in [0.2, 0.25) is 0 Å². The normalized spacial score (nSPS) is 28.6. The number of piperidine rings is 1. The van der Waals surface area contributed by atoms with Crippen molar-refractivity contribution in [2.24, 2.45) is 5.92 Å². The number of hydrogen-bond acceptors (Lipinski definition) is 3. The quantitative estimate of drug-likeness (QED) is 0.823. The largest absolute Gasteiger partial charge is 0.314 e. The molecule has 0 amide bonds. The summed E-state index contributed by atoms with van der Waals surface area (Å²) in [6.07, 6.45) is 4.11. The minimum atomic E-state index is -3.20. The Balaban J connectivity index is 2.00. The highest BCUT2D eigenvalue weighted by Gasteiger charge is 2.35. The molecule has 2 heterocycles. The van der Waals surface area contributed by atoms with Gasteiger partial charge in [-0.15, -0.1) is 0 Å². The third-order valence-electron chi connectivity index (χ3n) is 4.37. The standard InChI is InChI=1S/C13H27N3O2S/c1-3-14-12(2)13-7-6-10-16(11-13)19(17,18)15-8-4-5-9-15/h12-14H,3-11H2,1-2H3. The van der Waals surface area contributed by atoms with Gasteiger partial charge in [-0.05, 0) is 45.1 Å². The van der Waals surface area contributed by atoms with Crippen molar-refractivity contribution in [1.82, 2.24) is 13.9 Å². The molecular weight excluding hydrogens is 262 g/mol. The molecule has 2 fully saturated rings. The van der Waals surface area contributed by atoms with E-state index in [0.717, 1.165) is 32.2 Å². The Labute approximate surface area is 117 Å². The maximum atomic E-state index is 12.5. The van der Waals surface area contributed by atoms with Crippen LogP contribution in [-0.4, -0.2) is 55.8 Å². The molecule has 0 aromatic carbocycles. The van der Waals surface area contributed by atoms with Gasteiger partial charge in [-0.3, -0.25) is 0 Å². The van der Waals surface area contributed by atoms with Crippen LogP contribution in [0.1, 0.15) is 39.5 Å². The zero-order chi connectivity index (χ0) is 13.9. The summed E-state index contributed by atoms with van der Waals surface area (Å²) in [5, 5.41) is 3.42. The maximum Gasteiger partial charge on any atom is 0.281 e. The molecule has 5 nitrogen and oxygen atoms in total. The molecule has 2 aliphatic heterocycles. The van der Waals surface area contributed by atoms with Gasteiger partial charge in [-0.25, -0.2) is 0 Å². The second kappa shape index (κ2) is 6.52. The van der Waals surface area contributed by atoms with E-state index in [1.807, 2.05) is 0 Å². The summed E-state index contributed by atoms with van der Waals surface area (Å²) in [7, 11) is -3.20. The van der Waals surface area contributed by atoms with Gasteiger partial charge in [0.05, 0.1) is 0 Å². The fraction of sp³-hybridized carbons (Fsp3) is 1.00. The number of nitrogens with one attached hydrogen (secondary N) is 1. The van der Waals surface area contributed by atoms with E-state index in [0.29, 0.717) is 38.1 Å². The van der Waals surface area contributed by atoms with Crippen molar-refractivity contribution < 1.29 is 8.42 Å². The highest BCUT2D eigenvalue weighted by atomic mass is 32.2. The number of hydrogen-bond donors (Lipinski definition) is 1. The van der Waals surface area contributed by atoms with Crippen molar-refractivity contribution in [3.05, 3.63) is 0 Å². The Hall–Kier alpha value is -0.170. The first-order chi connectivity index (χ1) is 9.05. The molecule has 2 aliphatic rings. The van der Waals surface area contributed by atoms with E-state index < -0.39 is 10.2 Å². The van der Waals surface area contributed by atoms with Crippen LogP contribution in [0.15, 0.2) is 0 Å². The second-order valence-corrected chi connectivity index (χ2v) is 7.65. The molecule has 0 aromatic rings. The predicted molar refractivity (Wildman–Crippen MR) is 77.2 cm³/mol. The summed E-state index contributed by atoms with van der Waals surface area (Å²) in [5.41, 5.74) is 0. The van der Waals surface area contributed by atoms with Gasteiger partial charge in [-0.1, -0.05) is 6.92 Å². The molecule has 0 saturated carbocycles. The Morgan fingerprint density at radius 1 is 1.16 bits per heavy atom. The summed E-state index contributed by atoms with van der Waals surface area (Å²) in [6.45, 7) is 7.97. The van der Waals surface area contributed by atoms with Crippen molar-refractivity contribution in [1.29, 1.82) is 0 Å². The average molecular weight is 289 g/mol. The van der Waals surface area contributed by atoms with Crippen molar-refractivity contribution in [3.8, 4) is 0 Å². The van der Waals surface area contributed by atoms with Crippen LogP contribution in [0.4, 0.5) is 0 Å². The zero-order valence-corrected chi connectivity index (χ0v) is 13.0. The fourth-order valence-corrected chi connectivity index (χ4v) is 4.95. The van der Waals surface area contributed by atoms with Crippen LogP contribution >= 0.6 is 0 Å². The van der Waals surface area contributed by atoms with Gasteiger partial charge in [0, 0.05) is 32.2 Å². The minimum absolute atomic E-state index is 0.390. The van der Waals surface area contributed by atoms with Crippen molar-refractivity contribution in [3.63, 3.8) is 0 Å². The molecule has 2 rings (SSSR count). The summed E-state index contributed by atoms with van der Waals surface area (Å²) in [5.74, 6) is 0.436. The van der Waals surface area contributed by atoms with Gasteiger partial charge < -0.3 is 5.32 Å². The molecule has 0 aromatic heterocycles.